The fourth-order valence-electron chi connectivity index (χ4n) is 2.59. The summed E-state index contributed by atoms with van der Waals surface area (Å²) in [5.41, 5.74) is 0.866. The molecule has 3 nitrogen and oxygen atoms in total. The average Bonchev–Trinajstić information content (AvgIpc) is 2.52. The molecular weight excluding hydrogens is 286 g/mol. The van der Waals surface area contributed by atoms with Crippen molar-refractivity contribution in [1.82, 2.24) is 4.90 Å². The number of hydrogen-bond acceptors (Lipinski definition) is 2. The topological polar surface area (TPSA) is 40.5 Å². The zero-order chi connectivity index (χ0) is 17.6. The second kappa shape index (κ2) is 8.30. The average molecular weight is 317 g/mol. The van der Waals surface area contributed by atoms with E-state index in [0.717, 1.165) is 5.56 Å². The van der Waals surface area contributed by atoms with Gasteiger partial charge in [0, 0.05) is 13.5 Å². The van der Waals surface area contributed by atoms with Gasteiger partial charge >= 0.3 is 0 Å². The van der Waals surface area contributed by atoms with Crippen molar-refractivity contribution < 1.29 is 9.90 Å². The van der Waals surface area contributed by atoms with Crippen molar-refractivity contribution in [2.75, 3.05) is 7.05 Å². The molecular formula is C20H31NO2. The van der Waals surface area contributed by atoms with Crippen molar-refractivity contribution in [3.8, 4) is 0 Å². The van der Waals surface area contributed by atoms with E-state index in [-0.39, 0.29) is 23.3 Å². The third kappa shape index (κ3) is 5.51. The first-order chi connectivity index (χ1) is 10.7. The number of carbonyl (C=O) groups is 1. The lowest BCUT2D eigenvalue weighted by molar-refractivity contribution is -0.135. The number of amides is 1. The van der Waals surface area contributed by atoms with Gasteiger partial charge in [0.25, 0.3) is 0 Å². The van der Waals surface area contributed by atoms with Gasteiger partial charge in [0.05, 0.1) is 12.1 Å². The SMILES string of the molecule is C/C=C/C(CC(=O)N(C)[C@@H](C)[C@@H](O)c1ccccc1)C(C)(C)C. The maximum atomic E-state index is 12.6. The lowest BCUT2D eigenvalue weighted by atomic mass is 9.78. The summed E-state index contributed by atoms with van der Waals surface area (Å²) in [6.07, 6.45) is 3.88. The van der Waals surface area contributed by atoms with Crippen molar-refractivity contribution in [1.29, 1.82) is 0 Å². The molecule has 0 fully saturated rings. The molecule has 0 radical (unpaired) electrons. The summed E-state index contributed by atoms with van der Waals surface area (Å²) in [5.74, 6) is 0.244. The number of aliphatic hydroxyl groups excluding tert-OH is 1. The zero-order valence-corrected chi connectivity index (χ0v) is 15.3. The number of nitrogens with zero attached hydrogens (tertiary/aromatic N) is 1. The molecule has 0 spiro atoms. The van der Waals surface area contributed by atoms with Crippen molar-refractivity contribution in [3.05, 3.63) is 48.0 Å². The van der Waals surface area contributed by atoms with E-state index in [9.17, 15) is 9.90 Å². The highest BCUT2D eigenvalue weighted by molar-refractivity contribution is 5.76. The van der Waals surface area contributed by atoms with E-state index in [1.54, 1.807) is 11.9 Å². The summed E-state index contributed by atoms with van der Waals surface area (Å²) in [6, 6.07) is 9.22. The predicted molar refractivity (Wildman–Crippen MR) is 96.0 cm³/mol. The summed E-state index contributed by atoms with van der Waals surface area (Å²) in [4.78, 5) is 14.3. The number of aliphatic hydroxyl groups is 1. The molecule has 1 N–H and O–H groups in total. The van der Waals surface area contributed by atoms with Crippen LogP contribution in [0.2, 0.25) is 0 Å². The fourth-order valence-corrected chi connectivity index (χ4v) is 2.59. The Kier molecular flexibility index (Phi) is 7.01. The minimum absolute atomic E-state index is 0.0320. The normalized spacial score (nSPS) is 16.1. The summed E-state index contributed by atoms with van der Waals surface area (Å²) in [6.45, 7) is 10.3. The van der Waals surface area contributed by atoms with Gasteiger partial charge in [-0.1, -0.05) is 63.3 Å². The number of carbonyl (C=O) groups excluding carboxylic acids is 1. The van der Waals surface area contributed by atoms with Crippen LogP contribution in [0.15, 0.2) is 42.5 Å². The molecule has 1 amide bonds. The van der Waals surface area contributed by atoms with Crippen molar-refractivity contribution >= 4 is 5.91 Å². The summed E-state index contributed by atoms with van der Waals surface area (Å²) in [5, 5.41) is 10.5. The Morgan fingerprint density at radius 3 is 2.30 bits per heavy atom. The quantitative estimate of drug-likeness (QED) is 0.799. The van der Waals surface area contributed by atoms with Gasteiger partial charge in [-0.2, -0.15) is 0 Å². The number of rotatable bonds is 6. The molecule has 0 aliphatic rings. The van der Waals surface area contributed by atoms with Crippen molar-refractivity contribution in [3.63, 3.8) is 0 Å². The Morgan fingerprint density at radius 2 is 1.83 bits per heavy atom. The van der Waals surface area contributed by atoms with E-state index in [0.29, 0.717) is 6.42 Å². The number of allylic oxidation sites excluding steroid dienone is 2. The molecule has 0 aliphatic carbocycles. The highest BCUT2D eigenvalue weighted by Crippen LogP contribution is 2.31. The third-order valence-corrected chi connectivity index (χ3v) is 4.53. The molecule has 0 aromatic heterocycles. The fraction of sp³-hybridized carbons (Fsp3) is 0.550. The Balaban J connectivity index is 2.79. The van der Waals surface area contributed by atoms with Crippen molar-refractivity contribution in [2.45, 2.75) is 53.2 Å². The van der Waals surface area contributed by atoms with Crippen molar-refractivity contribution in [2.24, 2.45) is 11.3 Å². The molecule has 3 heteroatoms. The molecule has 1 rings (SSSR count). The van der Waals surface area contributed by atoms with Crippen LogP contribution in [0.3, 0.4) is 0 Å². The summed E-state index contributed by atoms with van der Waals surface area (Å²) >= 11 is 0. The first kappa shape index (κ1) is 19.4. The highest BCUT2D eigenvalue weighted by Gasteiger charge is 2.29. The van der Waals surface area contributed by atoms with E-state index in [1.807, 2.05) is 50.3 Å². The minimum Gasteiger partial charge on any atom is -0.386 e. The van der Waals surface area contributed by atoms with Gasteiger partial charge in [-0.25, -0.2) is 0 Å². The summed E-state index contributed by atoms with van der Waals surface area (Å²) in [7, 11) is 1.77. The molecule has 0 heterocycles. The lowest BCUT2D eigenvalue weighted by Gasteiger charge is -2.33. The van der Waals surface area contributed by atoms with Gasteiger partial charge < -0.3 is 10.0 Å². The van der Waals surface area contributed by atoms with E-state index < -0.39 is 6.10 Å². The molecule has 0 aliphatic heterocycles. The molecule has 1 aromatic rings. The number of hydrogen-bond donors (Lipinski definition) is 1. The number of benzene rings is 1. The molecule has 23 heavy (non-hydrogen) atoms. The van der Waals surface area contributed by atoms with E-state index >= 15 is 0 Å². The Bertz CT molecular complexity index is 516. The second-order valence-electron chi connectivity index (χ2n) is 7.30. The van der Waals surface area contributed by atoms with Crippen LogP contribution < -0.4 is 0 Å². The Hall–Kier alpha value is -1.61. The van der Waals surface area contributed by atoms with Crippen LogP contribution in [-0.4, -0.2) is 29.0 Å². The lowest BCUT2D eigenvalue weighted by Crippen LogP contribution is -2.40. The standard InChI is InChI=1S/C20H31NO2/c1-7-11-17(20(3,4)5)14-18(22)21(6)15(2)19(23)16-12-9-8-10-13-16/h7-13,15,17,19,23H,14H2,1-6H3/b11-7+/t15-,17?,19+/m0/s1. The Labute approximate surface area is 141 Å². The minimum atomic E-state index is -0.681. The van der Waals surface area contributed by atoms with Crippen LogP contribution in [0.25, 0.3) is 0 Å². The Morgan fingerprint density at radius 1 is 1.26 bits per heavy atom. The molecule has 128 valence electrons. The molecule has 0 bridgehead atoms. The maximum Gasteiger partial charge on any atom is 0.223 e. The first-order valence-electron chi connectivity index (χ1n) is 8.30. The van der Waals surface area contributed by atoms with Gasteiger partial charge in [-0.3, -0.25) is 4.79 Å². The predicted octanol–water partition coefficient (Wildman–Crippen LogP) is 4.20. The molecule has 0 saturated heterocycles. The van der Waals surface area contributed by atoms with Crippen LogP contribution in [0.1, 0.15) is 52.7 Å². The molecule has 0 saturated carbocycles. The van der Waals surface area contributed by atoms with Crippen LogP contribution in [0, 0.1) is 11.3 Å². The second-order valence-corrected chi connectivity index (χ2v) is 7.30. The van der Waals surface area contributed by atoms with E-state index in [4.69, 9.17) is 0 Å². The highest BCUT2D eigenvalue weighted by atomic mass is 16.3. The van der Waals surface area contributed by atoms with Crippen LogP contribution in [-0.2, 0) is 4.79 Å². The van der Waals surface area contributed by atoms with Gasteiger partial charge in [0.2, 0.25) is 5.91 Å². The van der Waals surface area contributed by atoms with Gasteiger partial charge in [0.15, 0.2) is 0 Å². The van der Waals surface area contributed by atoms with Gasteiger partial charge in [-0.15, -0.1) is 0 Å². The molecule has 1 unspecified atom stereocenters. The van der Waals surface area contributed by atoms with E-state index in [2.05, 4.69) is 26.8 Å². The number of likely N-dealkylation sites (N-methyl/N-ethyl adjacent to an activating group) is 1. The van der Waals surface area contributed by atoms with Gasteiger partial charge in [0.1, 0.15) is 0 Å². The molecule has 1 aromatic carbocycles. The van der Waals surface area contributed by atoms with Crippen LogP contribution in [0.4, 0.5) is 0 Å². The largest absolute Gasteiger partial charge is 0.386 e. The zero-order valence-electron chi connectivity index (χ0n) is 15.3. The monoisotopic (exact) mass is 317 g/mol. The summed E-state index contributed by atoms with van der Waals surface area (Å²) < 4.78 is 0. The smallest absolute Gasteiger partial charge is 0.223 e. The van der Waals surface area contributed by atoms with E-state index in [1.165, 1.54) is 0 Å². The van der Waals surface area contributed by atoms with Gasteiger partial charge in [-0.05, 0) is 30.7 Å². The van der Waals surface area contributed by atoms with Crippen LogP contribution in [0.5, 0.6) is 0 Å². The molecule has 3 atom stereocenters. The first-order valence-corrected chi connectivity index (χ1v) is 8.30. The third-order valence-electron chi connectivity index (χ3n) is 4.53. The maximum absolute atomic E-state index is 12.6. The van der Waals surface area contributed by atoms with Crippen LogP contribution >= 0.6 is 0 Å².